The Morgan fingerprint density at radius 1 is 0.864 bits per heavy atom. The van der Waals surface area contributed by atoms with Gasteiger partial charge in [0.05, 0.1) is 0 Å². The highest BCUT2D eigenvalue weighted by Crippen LogP contribution is 2.35. The van der Waals surface area contributed by atoms with Crippen molar-refractivity contribution in [1.82, 2.24) is 0 Å². The molecule has 0 bridgehead atoms. The van der Waals surface area contributed by atoms with Gasteiger partial charge in [0.1, 0.15) is 0 Å². The molecule has 2 rings (SSSR count). The summed E-state index contributed by atoms with van der Waals surface area (Å²) in [4.78, 5) is 23.1. The minimum atomic E-state index is -1.11. The standard InChI is InChI=1S/C19H18O3/c1-15(20)13-14-19(22-16(2)21,17-9-5-3-6-10-17)18-11-7-4-8-12-18/h3-14H,1-2H3/b14-13+. The summed E-state index contributed by atoms with van der Waals surface area (Å²) in [6.45, 7) is 2.83. The fraction of sp³-hybridized carbons (Fsp3) is 0.158. The molecule has 0 radical (unpaired) electrons. The molecule has 112 valence electrons. The van der Waals surface area contributed by atoms with Crippen LogP contribution in [-0.2, 0) is 19.9 Å². The fourth-order valence-electron chi connectivity index (χ4n) is 2.34. The van der Waals surface area contributed by atoms with Crippen molar-refractivity contribution in [2.45, 2.75) is 19.4 Å². The third-order valence-electron chi connectivity index (χ3n) is 3.26. The van der Waals surface area contributed by atoms with Crippen LogP contribution in [0.2, 0.25) is 0 Å². The monoisotopic (exact) mass is 294 g/mol. The van der Waals surface area contributed by atoms with Crippen molar-refractivity contribution in [2.24, 2.45) is 0 Å². The quantitative estimate of drug-likeness (QED) is 0.624. The molecular weight excluding hydrogens is 276 g/mol. The first-order valence-corrected chi connectivity index (χ1v) is 7.05. The molecule has 2 aromatic rings. The maximum atomic E-state index is 11.7. The van der Waals surface area contributed by atoms with Crippen molar-refractivity contribution in [1.29, 1.82) is 0 Å². The van der Waals surface area contributed by atoms with Crippen LogP contribution in [0.3, 0.4) is 0 Å². The molecule has 0 aliphatic heterocycles. The maximum Gasteiger partial charge on any atom is 0.304 e. The van der Waals surface area contributed by atoms with E-state index in [4.69, 9.17) is 4.74 Å². The topological polar surface area (TPSA) is 43.4 Å². The zero-order chi connectivity index (χ0) is 16.0. The van der Waals surface area contributed by atoms with E-state index in [-0.39, 0.29) is 5.78 Å². The second-order valence-corrected chi connectivity index (χ2v) is 5.01. The van der Waals surface area contributed by atoms with Crippen molar-refractivity contribution >= 4 is 11.8 Å². The summed E-state index contributed by atoms with van der Waals surface area (Å²) in [6.07, 6.45) is 3.07. The van der Waals surface area contributed by atoms with Crippen LogP contribution in [0.1, 0.15) is 25.0 Å². The lowest BCUT2D eigenvalue weighted by Crippen LogP contribution is -2.31. The number of esters is 1. The molecule has 0 fully saturated rings. The molecule has 0 saturated carbocycles. The average Bonchev–Trinajstić information content (AvgIpc) is 2.53. The van der Waals surface area contributed by atoms with Crippen LogP contribution in [-0.4, -0.2) is 11.8 Å². The van der Waals surface area contributed by atoms with Gasteiger partial charge >= 0.3 is 5.97 Å². The molecule has 0 aliphatic rings. The lowest BCUT2D eigenvalue weighted by atomic mass is 9.85. The summed E-state index contributed by atoms with van der Waals surface area (Å²) in [5.41, 5.74) is 0.461. The Hall–Kier alpha value is -2.68. The first-order valence-electron chi connectivity index (χ1n) is 7.05. The number of ether oxygens (including phenoxy) is 1. The molecule has 0 N–H and O–H groups in total. The van der Waals surface area contributed by atoms with Crippen LogP contribution in [0, 0.1) is 0 Å². The first kappa shape index (κ1) is 15.7. The van der Waals surface area contributed by atoms with Crippen LogP contribution in [0.5, 0.6) is 0 Å². The van der Waals surface area contributed by atoms with E-state index in [1.165, 1.54) is 19.9 Å². The van der Waals surface area contributed by atoms with Gasteiger partial charge in [0.15, 0.2) is 11.4 Å². The minimum absolute atomic E-state index is 0.108. The minimum Gasteiger partial charge on any atom is -0.445 e. The number of allylic oxidation sites excluding steroid dienone is 1. The largest absolute Gasteiger partial charge is 0.445 e. The van der Waals surface area contributed by atoms with Gasteiger partial charge in [0.2, 0.25) is 0 Å². The Balaban J connectivity index is 2.68. The van der Waals surface area contributed by atoms with Gasteiger partial charge in [-0.25, -0.2) is 0 Å². The van der Waals surface area contributed by atoms with Gasteiger partial charge in [-0.2, -0.15) is 0 Å². The third kappa shape index (κ3) is 3.50. The predicted molar refractivity (Wildman–Crippen MR) is 85.3 cm³/mol. The number of hydrogen-bond donors (Lipinski definition) is 0. The van der Waals surface area contributed by atoms with Gasteiger partial charge in [0, 0.05) is 18.1 Å². The number of carbonyl (C=O) groups is 2. The molecule has 2 aromatic carbocycles. The zero-order valence-corrected chi connectivity index (χ0v) is 12.7. The van der Waals surface area contributed by atoms with E-state index in [1.807, 2.05) is 60.7 Å². The summed E-state index contributed by atoms with van der Waals surface area (Å²) in [7, 11) is 0. The second-order valence-electron chi connectivity index (χ2n) is 5.01. The van der Waals surface area contributed by atoms with Crippen molar-refractivity contribution in [3.63, 3.8) is 0 Å². The van der Waals surface area contributed by atoms with E-state index in [9.17, 15) is 9.59 Å². The molecule has 0 aliphatic carbocycles. The van der Waals surface area contributed by atoms with Gasteiger partial charge in [0.25, 0.3) is 0 Å². The van der Waals surface area contributed by atoms with Gasteiger partial charge in [-0.1, -0.05) is 60.7 Å². The van der Waals surface area contributed by atoms with Crippen LogP contribution in [0.25, 0.3) is 0 Å². The van der Waals surface area contributed by atoms with Gasteiger partial charge in [-0.05, 0) is 19.1 Å². The van der Waals surface area contributed by atoms with E-state index in [2.05, 4.69) is 0 Å². The highest BCUT2D eigenvalue weighted by Gasteiger charge is 2.35. The van der Waals surface area contributed by atoms with Gasteiger partial charge in [-0.3, -0.25) is 9.59 Å². The number of benzene rings is 2. The predicted octanol–water partition coefficient (Wildman–Crippen LogP) is 3.64. The lowest BCUT2D eigenvalue weighted by molar-refractivity contribution is -0.150. The summed E-state index contributed by atoms with van der Waals surface area (Å²) in [6, 6.07) is 18.8. The third-order valence-corrected chi connectivity index (χ3v) is 3.26. The Bertz CT molecular complexity index is 633. The fourth-order valence-corrected chi connectivity index (χ4v) is 2.34. The number of hydrogen-bond acceptors (Lipinski definition) is 3. The van der Waals surface area contributed by atoms with Crippen molar-refractivity contribution < 1.29 is 14.3 Å². The molecular formula is C19H18O3. The van der Waals surface area contributed by atoms with Gasteiger partial charge < -0.3 is 4.74 Å². The highest BCUT2D eigenvalue weighted by molar-refractivity contribution is 5.87. The van der Waals surface area contributed by atoms with Crippen molar-refractivity contribution in [3.05, 3.63) is 83.9 Å². The van der Waals surface area contributed by atoms with Gasteiger partial charge in [-0.15, -0.1) is 0 Å². The smallest absolute Gasteiger partial charge is 0.304 e. The molecule has 0 unspecified atom stereocenters. The van der Waals surface area contributed by atoms with Crippen LogP contribution < -0.4 is 0 Å². The van der Waals surface area contributed by atoms with Crippen molar-refractivity contribution in [3.8, 4) is 0 Å². The van der Waals surface area contributed by atoms with E-state index in [0.717, 1.165) is 11.1 Å². The summed E-state index contributed by atoms with van der Waals surface area (Å²) < 4.78 is 5.68. The Labute approximate surface area is 130 Å². The number of carbonyl (C=O) groups excluding carboxylic acids is 2. The van der Waals surface area contributed by atoms with Crippen LogP contribution >= 0.6 is 0 Å². The van der Waals surface area contributed by atoms with E-state index in [0.29, 0.717) is 0 Å². The Kier molecular flexibility index (Phi) is 4.89. The first-order chi connectivity index (χ1) is 10.5. The van der Waals surface area contributed by atoms with E-state index >= 15 is 0 Å². The molecule has 0 saturated heterocycles. The Morgan fingerprint density at radius 2 is 1.32 bits per heavy atom. The average molecular weight is 294 g/mol. The normalized spacial score (nSPS) is 11.4. The lowest BCUT2D eigenvalue weighted by Gasteiger charge is -2.31. The molecule has 0 aromatic heterocycles. The maximum absolute atomic E-state index is 11.7. The summed E-state index contributed by atoms with van der Waals surface area (Å²) in [5.74, 6) is -0.524. The molecule has 0 amide bonds. The van der Waals surface area contributed by atoms with Crippen LogP contribution in [0.4, 0.5) is 0 Å². The van der Waals surface area contributed by atoms with Crippen LogP contribution in [0.15, 0.2) is 72.8 Å². The SMILES string of the molecule is CC(=O)/C=C/C(OC(C)=O)(c1ccccc1)c1ccccc1. The number of rotatable bonds is 5. The van der Waals surface area contributed by atoms with E-state index < -0.39 is 11.6 Å². The molecule has 22 heavy (non-hydrogen) atoms. The zero-order valence-electron chi connectivity index (χ0n) is 12.7. The molecule has 0 spiro atoms. The van der Waals surface area contributed by atoms with Crippen molar-refractivity contribution in [2.75, 3.05) is 0 Å². The number of ketones is 1. The summed E-state index contributed by atoms with van der Waals surface area (Å²) >= 11 is 0. The highest BCUT2D eigenvalue weighted by atomic mass is 16.6. The Morgan fingerprint density at radius 3 is 1.68 bits per heavy atom. The molecule has 3 heteroatoms. The molecule has 3 nitrogen and oxygen atoms in total. The molecule has 0 heterocycles. The van der Waals surface area contributed by atoms with E-state index in [1.54, 1.807) is 6.08 Å². The second kappa shape index (κ2) is 6.85. The summed E-state index contributed by atoms with van der Waals surface area (Å²) in [5, 5.41) is 0. The molecule has 0 atom stereocenters.